The van der Waals surface area contributed by atoms with Crippen molar-refractivity contribution >= 4 is 5.91 Å². The van der Waals surface area contributed by atoms with Gasteiger partial charge in [-0.1, -0.05) is 19.3 Å². The largest absolute Gasteiger partial charge is 0.268 e. The Morgan fingerprint density at radius 1 is 1.12 bits per heavy atom. The van der Waals surface area contributed by atoms with E-state index in [4.69, 9.17) is 4.99 Å². The van der Waals surface area contributed by atoms with Gasteiger partial charge in [0.15, 0.2) is 0 Å². The van der Waals surface area contributed by atoms with Crippen LogP contribution >= 0.6 is 0 Å². The highest BCUT2D eigenvalue weighted by molar-refractivity contribution is 5.96. The molecule has 0 N–H and O–H groups in total. The van der Waals surface area contributed by atoms with Crippen LogP contribution in [-0.2, 0) is 0 Å². The first-order valence-electron chi connectivity index (χ1n) is 8.77. The van der Waals surface area contributed by atoms with Crippen LogP contribution in [0.25, 0.3) is 0 Å². The molecule has 0 spiro atoms. The minimum absolute atomic E-state index is 0.0606. The molecule has 0 unspecified atom stereocenters. The molecule has 0 aliphatic heterocycles. The Bertz CT molecular complexity index is 814. The summed E-state index contributed by atoms with van der Waals surface area (Å²) in [6.07, 6.45) is 7.83. The highest BCUT2D eigenvalue weighted by Crippen LogP contribution is 2.19. The lowest BCUT2D eigenvalue weighted by atomic mass is 9.96. The lowest BCUT2D eigenvalue weighted by molar-refractivity contribution is 0.0953. The van der Waals surface area contributed by atoms with Gasteiger partial charge in [0, 0.05) is 11.9 Å². The minimum atomic E-state index is -0.0606. The van der Waals surface area contributed by atoms with Crippen molar-refractivity contribution < 1.29 is 4.79 Å². The summed E-state index contributed by atoms with van der Waals surface area (Å²) in [5.74, 6) is -0.0606. The third-order valence-electron chi connectivity index (χ3n) is 4.65. The maximum absolute atomic E-state index is 13.0. The van der Waals surface area contributed by atoms with E-state index in [2.05, 4.69) is 4.98 Å². The van der Waals surface area contributed by atoms with E-state index in [0.29, 0.717) is 11.6 Å². The maximum atomic E-state index is 13.0. The Balaban J connectivity index is 2.04. The first-order chi connectivity index (χ1) is 11.5. The molecule has 0 radical (unpaired) electrons. The summed E-state index contributed by atoms with van der Waals surface area (Å²) in [5.41, 5.74) is 4.19. The van der Waals surface area contributed by atoms with Crippen LogP contribution in [0.1, 0.15) is 59.4 Å². The van der Waals surface area contributed by atoms with Gasteiger partial charge in [-0.25, -0.2) is 0 Å². The molecule has 2 heterocycles. The van der Waals surface area contributed by atoms with Gasteiger partial charge >= 0.3 is 0 Å². The van der Waals surface area contributed by atoms with E-state index in [1.807, 2.05) is 51.2 Å². The van der Waals surface area contributed by atoms with Crippen molar-refractivity contribution in [2.24, 2.45) is 4.99 Å². The van der Waals surface area contributed by atoms with Crippen LogP contribution in [0.2, 0.25) is 0 Å². The third kappa shape index (κ3) is 3.64. The Morgan fingerprint density at radius 3 is 2.58 bits per heavy atom. The zero-order valence-corrected chi connectivity index (χ0v) is 14.7. The molecule has 24 heavy (non-hydrogen) atoms. The van der Waals surface area contributed by atoms with Crippen molar-refractivity contribution in [3.63, 3.8) is 0 Å². The maximum Gasteiger partial charge on any atom is 0.265 e. The van der Waals surface area contributed by atoms with Crippen LogP contribution in [0, 0.1) is 20.8 Å². The predicted molar refractivity (Wildman–Crippen MR) is 95.0 cm³/mol. The number of carbonyl (C=O) groups is 1. The number of nitrogens with zero attached hydrogens (tertiary/aromatic N) is 3. The van der Waals surface area contributed by atoms with Gasteiger partial charge in [0.2, 0.25) is 0 Å². The molecule has 0 amide bonds. The van der Waals surface area contributed by atoms with Crippen LogP contribution in [0.4, 0.5) is 0 Å². The van der Waals surface area contributed by atoms with Crippen molar-refractivity contribution in [3.05, 3.63) is 58.5 Å². The van der Waals surface area contributed by atoms with E-state index >= 15 is 0 Å². The Hall–Kier alpha value is -2.23. The monoisotopic (exact) mass is 323 g/mol. The molecular formula is C20H25N3O. The molecule has 1 aliphatic rings. The fourth-order valence-corrected chi connectivity index (χ4v) is 3.30. The van der Waals surface area contributed by atoms with Crippen molar-refractivity contribution in [2.45, 2.75) is 58.9 Å². The average Bonchev–Trinajstić information content (AvgIpc) is 2.55. The molecule has 1 aliphatic carbocycles. The van der Waals surface area contributed by atoms with Crippen LogP contribution in [-0.4, -0.2) is 21.5 Å². The molecule has 3 rings (SSSR count). The molecule has 1 saturated carbocycles. The molecule has 2 aromatic heterocycles. The van der Waals surface area contributed by atoms with Crippen molar-refractivity contribution in [1.29, 1.82) is 0 Å². The summed E-state index contributed by atoms with van der Waals surface area (Å²) < 4.78 is 1.67. The summed E-state index contributed by atoms with van der Waals surface area (Å²) in [7, 11) is 0. The lowest BCUT2D eigenvalue weighted by Gasteiger charge is -2.18. The van der Waals surface area contributed by atoms with Gasteiger partial charge in [-0.05, 0) is 63.4 Å². The second kappa shape index (κ2) is 7.12. The first kappa shape index (κ1) is 16.6. The zero-order chi connectivity index (χ0) is 17.1. The van der Waals surface area contributed by atoms with Crippen molar-refractivity contribution in [1.82, 2.24) is 9.55 Å². The quantitative estimate of drug-likeness (QED) is 0.845. The highest BCUT2D eigenvalue weighted by atomic mass is 16.2. The Kier molecular flexibility index (Phi) is 4.93. The van der Waals surface area contributed by atoms with E-state index in [-0.39, 0.29) is 5.91 Å². The third-order valence-corrected chi connectivity index (χ3v) is 4.65. The lowest BCUT2D eigenvalue weighted by Crippen LogP contribution is -2.30. The molecule has 0 bridgehead atoms. The van der Waals surface area contributed by atoms with E-state index in [1.165, 1.54) is 19.3 Å². The zero-order valence-electron chi connectivity index (χ0n) is 14.7. The number of aromatic nitrogens is 2. The van der Waals surface area contributed by atoms with Crippen molar-refractivity contribution in [3.8, 4) is 0 Å². The van der Waals surface area contributed by atoms with E-state index in [1.54, 1.807) is 4.57 Å². The SMILES string of the molecule is Cc1ccn(C(=O)c2ccc(C)nc2C)c(=NC2CCCCC2)c1. The Morgan fingerprint density at radius 2 is 1.88 bits per heavy atom. The van der Waals surface area contributed by atoms with Crippen LogP contribution in [0.15, 0.2) is 35.5 Å². The smallest absolute Gasteiger partial charge is 0.265 e. The molecule has 4 nitrogen and oxygen atoms in total. The summed E-state index contributed by atoms with van der Waals surface area (Å²) >= 11 is 0. The van der Waals surface area contributed by atoms with Crippen molar-refractivity contribution in [2.75, 3.05) is 0 Å². The van der Waals surface area contributed by atoms with Gasteiger partial charge in [-0.3, -0.25) is 19.3 Å². The molecule has 126 valence electrons. The molecule has 0 saturated heterocycles. The normalized spacial score (nSPS) is 16.4. The number of aryl methyl sites for hydroxylation is 3. The molecule has 0 atom stereocenters. The number of carbonyl (C=O) groups excluding carboxylic acids is 1. The van der Waals surface area contributed by atoms with Gasteiger partial charge in [-0.15, -0.1) is 0 Å². The van der Waals surface area contributed by atoms with Crippen LogP contribution in [0.5, 0.6) is 0 Å². The molecular weight excluding hydrogens is 298 g/mol. The Labute approximate surface area is 143 Å². The second-order valence-electron chi connectivity index (χ2n) is 6.74. The number of hydrogen-bond acceptors (Lipinski definition) is 3. The highest BCUT2D eigenvalue weighted by Gasteiger charge is 2.15. The number of hydrogen-bond donors (Lipinski definition) is 0. The number of rotatable bonds is 2. The van der Waals surface area contributed by atoms with Crippen LogP contribution in [0.3, 0.4) is 0 Å². The summed E-state index contributed by atoms with van der Waals surface area (Å²) in [5, 5.41) is 0. The molecule has 2 aromatic rings. The summed E-state index contributed by atoms with van der Waals surface area (Å²) in [6, 6.07) is 8.03. The van der Waals surface area contributed by atoms with Gasteiger partial charge < -0.3 is 0 Å². The molecule has 1 fully saturated rings. The van der Waals surface area contributed by atoms with Gasteiger partial charge in [0.25, 0.3) is 5.91 Å². The average molecular weight is 323 g/mol. The predicted octanol–water partition coefficient (Wildman–Crippen LogP) is 3.73. The second-order valence-corrected chi connectivity index (χ2v) is 6.74. The van der Waals surface area contributed by atoms with E-state index in [9.17, 15) is 4.79 Å². The van der Waals surface area contributed by atoms with Gasteiger partial charge in [-0.2, -0.15) is 0 Å². The molecule has 4 heteroatoms. The summed E-state index contributed by atoms with van der Waals surface area (Å²) in [6.45, 7) is 5.85. The topological polar surface area (TPSA) is 47.2 Å². The minimum Gasteiger partial charge on any atom is -0.268 e. The van der Waals surface area contributed by atoms with Gasteiger partial charge in [0.05, 0.1) is 17.3 Å². The van der Waals surface area contributed by atoms with Gasteiger partial charge in [0.1, 0.15) is 5.49 Å². The van der Waals surface area contributed by atoms with Crippen LogP contribution < -0.4 is 5.49 Å². The van der Waals surface area contributed by atoms with E-state index in [0.717, 1.165) is 35.3 Å². The summed E-state index contributed by atoms with van der Waals surface area (Å²) in [4.78, 5) is 22.3. The van der Waals surface area contributed by atoms with E-state index < -0.39 is 0 Å². The standard InChI is InChI=1S/C20H25N3O/c1-14-11-12-23(19(13-14)22-17-7-5-4-6-8-17)20(24)18-10-9-15(2)21-16(18)3/h9-13,17H,4-8H2,1-3H3. The molecule has 0 aromatic carbocycles. The fraction of sp³-hybridized carbons (Fsp3) is 0.450. The first-order valence-corrected chi connectivity index (χ1v) is 8.77. The number of pyridine rings is 2. The fourth-order valence-electron chi connectivity index (χ4n) is 3.30.